The van der Waals surface area contributed by atoms with Gasteiger partial charge in [0.25, 0.3) is 5.91 Å². The quantitative estimate of drug-likeness (QED) is 0.639. The molecule has 2 aromatic carbocycles. The van der Waals surface area contributed by atoms with E-state index < -0.39 is 0 Å². The van der Waals surface area contributed by atoms with Crippen LogP contribution in [-0.4, -0.2) is 53.9 Å². The number of benzene rings is 2. The molecule has 5 rings (SSSR count). The summed E-state index contributed by atoms with van der Waals surface area (Å²) < 4.78 is 7.47. The lowest BCUT2D eigenvalue weighted by atomic mass is 10.1. The number of ether oxygens (including phenoxy) is 1. The number of carbonyl (C=O) groups is 1. The van der Waals surface area contributed by atoms with Gasteiger partial charge in [-0.25, -0.2) is 4.68 Å². The number of hydrogen-bond donors (Lipinski definition) is 0. The van der Waals surface area contributed by atoms with Crippen LogP contribution in [0.1, 0.15) is 33.7 Å². The Morgan fingerprint density at radius 1 is 1.03 bits per heavy atom. The molecule has 0 saturated carbocycles. The van der Waals surface area contributed by atoms with Gasteiger partial charge in [-0.2, -0.15) is 5.10 Å². The predicted molar refractivity (Wildman–Crippen MR) is 121 cm³/mol. The fourth-order valence-electron chi connectivity index (χ4n) is 4.66. The molecule has 1 aliphatic carbocycles. The smallest absolute Gasteiger partial charge is 0.274 e. The number of fused-ring (bicyclic) bond motifs is 1. The molecule has 31 heavy (non-hydrogen) atoms. The minimum Gasteiger partial charge on any atom is -0.378 e. The number of anilines is 1. The highest BCUT2D eigenvalue weighted by Crippen LogP contribution is 2.29. The molecule has 0 unspecified atom stereocenters. The Balaban J connectivity index is 1.41. The van der Waals surface area contributed by atoms with E-state index in [1.165, 1.54) is 11.4 Å². The van der Waals surface area contributed by atoms with Gasteiger partial charge in [0.1, 0.15) is 0 Å². The van der Waals surface area contributed by atoms with Crippen molar-refractivity contribution in [3.8, 4) is 5.69 Å². The average molecular weight is 417 g/mol. The minimum absolute atomic E-state index is 0.00962. The highest BCUT2D eigenvalue weighted by atomic mass is 16.5. The van der Waals surface area contributed by atoms with Gasteiger partial charge in [-0.15, -0.1) is 0 Å². The summed E-state index contributed by atoms with van der Waals surface area (Å²) in [4.78, 5) is 17.6. The second-order valence-corrected chi connectivity index (χ2v) is 8.26. The van der Waals surface area contributed by atoms with Crippen molar-refractivity contribution in [1.29, 1.82) is 0 Å². The van der Waals surface area contributed by atoms with E-state index in [1.54, 1.807) is 4.90 Å². The Morgan fingerprint density at radius 3 is 2.58 bits per heavy atom. The van der Waals surface area contributed by atoms with E-state index >= 15 is 0 Å². The van der Waals surface area contributed by atoms with Crippen LogP contribution in [-0.2, 0) is 24.1 Å². The molecule has 6 nitrogen and oxygen atoms in total. The SMILES string of the molecule is CN(Cc1ccccc1N1CCOCC1)C(=O)c1nn(-c2ccccc2)c2c1CCC2. The van der Waals surface area contributed by atoms with Crippen LogP contribution in [0.5, 0.6) is 0 Å². The number of nitrogens with zero attached hydrogens (tertiary/aromatic N) is 4. The summed E-state index contributed by atoms with van der Waals surface area (Å²) in [5, 5.41) is 4.78. The van der Waals surface area contributed by atoms with Crippen LogP contribution in [0.3, 0.4) is 0 Å². The molecule has 1 amide bonds. The predicted octanol–water partition coefficient (Wildman–Crippen LogP) is 3.47. The third-order valence-corrected chi connectivity index (χ3v) is 6.23. The summed E-state index contributed by atoms with van der Waals surface area (Å²) in [5.74, 6) is -0.00962. The number of amides is 1. The van der Waals surface area contributed by atoms with Crippen LogP contribution >= 0.6 is 0 Å². The van der Waals surface area contributed by atoms with Gasteiger partial charge < -0.3 is 14.5 Å². The molecule has 0 atom stereocenters. The lowest BCUT2D eigenvalue weighted by Gasteiger charge is -2.31. The Kier molecular flexibility index (Phi) is 5.47. The average Bonchev–Trinajstić information content (AvgIpc) is 3.43. The van der Waals surface area contributed by atoms with Crippen molar-refractivity contribution in [2.75, 3.05) is 38.3 Å². The molecule has 1 saturated heterocycles. The maximum atomic E-state index is 13.5. The third-order valence-electron chi connectivity index (χ3n) is 6.23. The number of carbonyl (C=O) groups excluding carboxylic acids is 1. The van der Waals surface area contributed by atoms with Crippen LogP contribution in [0.4, 0.5) is 5.69 Å². The normalized spacial score (nSPS) is 15.7. The Bertz CT molecular complexity index is 1070. The Labute approximate surface area is 183 Å². The first kappa shape index (κ1) is 19.8. The highest BCUT2D eigenvalue weighted by Gasteiger charge is 2.29. The van der Waals surface area contributed by atoms with Gasteiger partial charge in [0.15, 0.2) is 5.69 Å². The second kappa shape index (κ2) is 8.55. The maximum Gasteiger partial charge on any atom is 0.274 e. The lowest BCUT2D eigenvalue weighted by molar-refractivity contribution is 0.0777. The summed E-state index contributed by atoms with van der Waals surface area (Å²) in [6, 6.07) is 18.5. The minimum atomic E-state index is -0.00962. The van der Waals surface area contributed by atoms with Gasteiger partial charge >= 0.3 is 0 Å². The molecule has 1 aliphatic heterocycles. The van der Waals surface area contributed by atoms with Crippen LogP contribution in [0.15, 0.2) is 54.6 Å². The van der Waals surface area contributed by atoms with Crippen LogP contribution in [0.2, 0.25) is 0 Å². The third kappa shape index (κ3) is 3.83. The molecule has 0 N–H and O–H groups in total. The van der Waals surface area contributed by atoms with Crippen LogP contribution in [0.25, 0.3) is 5.69 Å². The van der Waals surface area contributed by atoms with E-state index in [-0.39, 0.29) is 5.91 Å². The van der Waals surface area contributed by atoms with Crippen molar-refractivity contribution in [1.82, 2.24) is 14.7 Å². The lowest BCUT2D eigenvalue weighted by Crippen LogP contribution is -2.37. The fraction of sp³-hybridized carbons (Fsp3) is 0.360. The zero-order valence-electron chi connectivity index (χ0n) is 18.0. The standard InChI is InChI=1S/C25H28N4O2/c1-27(18-19-8-5-6-12-22(19)28-14-16-31-17-15-28)25(30)24-21-11-7-13-23(21)29(26-24)20-9-3-2-4-10-20/h2-6,8-10,12H,7,11,13-18H2,1H3. The molecule has 0 radical (unpaired) electrons. The van der Waals surface area contributed by atoms with Gasteiger partial charge in [0, 0.05) is 43.6 Å². The molecule has 2 aliphatic rings. The largest absolute Gasteiger partial charge is 0.378 e. The first-order chi connectivity index (χ1) is 15.2. The molecular weight excluding hydrogens is 388 g/mol. The van der Waals surface area contributed by atoms with Crippen molar-refractivity contribution in [3.05, 3.63) is 77.1 Å². The maximum absolute atomic E-state index is 13.5. The molecule has 3 aromatic rings. The number of morpholine rings is 1. The van der Waals surface area contributed by atoms with Crippen molar-refractivity contribution < 1.29 is 9.53 Å². The molecule has 0 spiro atoms. The van der Waals surface area contributed by atoms with Crippen LogP contribution < -0.4 is 4.90 Å². The Hall–Kier alpha value is -3.12. The highest BCUT2D eigenvalue weighted by molar-refractivity contribution is 5.94. The second-order valence-electron chi connectivity index (χ2n) is 8.26. The zero-order chi connectivity index (χ0) is 21.2. The van der Waals surface area contributed by atoms with Crippen molar-refractivity contribution in [2.45, 2.75) is 25.8 Å². The number of rotatable bonds is 5. The van der Waals surface area contributed by atoms with E-state index in [1.807, 2.05) is 48.1 Å². The molecule has 2 heterocycles. The number of hydrogen-bond acceptors (Lipinski definition) is 4. The van der Waals surface area contributed by atoms with Crippen molar-refractivity contribution in [3.63, 3.8) is 0 Å². The first-order valence-corrected chi connectivity index (χ1v) is 11.0. The van der Waals surface area contributed by atoms with Crippen molar-refractivity contribution in [2.24, 2.45) is 0 Å². The molecular formula is C25H28N4O2. The summed E-state index contributed by atoms with van der Waals surface area (Å²) >= 11 is 0. The zero-order valence-corrected chi connectivity index (χ0v) is 18.0. The fourth-order valence-corrected chi connectivity index (χ4v) is 4.66. The van der Waals surface area contributed by atoms with Gasteiger partial charge in [-0.05, 0) is 43.0 Å². The number of para-hydroxylation sites is 2. The molecule has 160 valence electrons. The van der Waals surface area contributed by atoms with E-state index in [0.29, 0.717) is 12.2 Å². The summed E-state index contributed by atoms with van der Waals surface area (Å²) in [5.41, 5.74) is 6.24. The number of aromatic nitrogens is 2. The van der Waals surface area contributed by atoms with Gasteiger partial charge in [0.05, 0.1) is 18.9 Å². The molecule has 6 heteroatoms. The van der Waals surface area contributed by atoms with Gasteiger partial charge in [-0.1, -0.05) is 36.4 Å². The summed E-state index contributed by atoms with van der Waals surface area (Å²) in [7, 11) is 1.88. The van der Waals surface area contributed by atoms with Crippen LogP contribution in [0, 0.1) is 0 Å². The molecule has 1 fully saturated rings. The van der Waals surface area contributed by atoms with E-state index in [4.69, 9.17) is 9.84 Å². The monoisotopic (exact) mass is 416 g/mol. The van der Waals surface area contributed by atoms with E-state index in [9.17, 15) is 4.79 Å². The van der Waals surface area contributed by atoms with Gasteiger partial charge in [-0.3, -0.25) is 4.79 Å². The Morgan fingerprint density at radius 2 is 1.77 bits per heavy atom. The topological polar surface area (TPSA) is 50.6 Å². The molecule has 0 bridgehead atoms. The molecule has 1 aromatic heterocycles. The van der Waals surface area contributed by atoms with E-state index in [0.717, 1.165) is 62.4 Å². The van der Waals surface area contributed by atoms with Crippen molar-refractivity contribution >= 4 is 11.6 Å². The first-order valence-electron chi connectivity index (χ1n) is 11.0. The van der Waals surface area contributed by atoms with Gasteiger partial charge in [0.2, 0.25) is 0 Å². The van der Waals surface area contributed by atoms with E-state index in [2.05, 4.69) is 23.1 Å². The summed E-state index contributed by atoms with van der Waals surface area (Å²) in [6.07, 6.45) is 2.96. The summed E-state index contributed by atoms with van der Waals surface area (Å²) in [6.45, 7) is 3.80.